The fourth-order valence-corrected chi connectivity index (χ4v) is 3.35. The highest BCUT2D eigenvalue weighted by Gasteiger charge is 2.17. The second-order valence-corrected chi connectivity index (χ2v) is 7.34. The molecule has 2 rings (SSSR count). The monoisotopic (exact) mass is 347 g/mol. The van der Waals surface area contributed by atoms with E-state index in [1.54, 1.807) is 18.3 Å². The van der Waals surface area contributed by atoms with Gasteiger partial charge >= 0.3 is 6.03 Å². The maximum Gasteiger partial charge on any atom is 0.315 e. The number of amides is 2. The van der Waals surface area contributed by atoms with Crippen LogP contribution in [0.15, 0.2) is 36.5 Å². The van der Waals surface area contributed by atoms with Crippen LogP contribution in [0.5, 0.6) is 0 Å². The number of nitrogens with one attached hydrogen (secondary N) is 2. The highest BCUT2D eigenvalue weighted by Crippen LogP contribution is 2.21. The van der Waals surface area contributed by atoms with E-state index >= 15 is 0 Å². The van der Waals surface area contributed by atoms with E-state index in [2.05, 4.69) is 15.6 Å². The summed E-state index contributed by atoms with van der Waals surface area (Å²) in [7, 11) is 0. The van der Waals surface area contributed by atoms with E-state index in [1.165, 1.54) is 0 Å². The largest absolute Gasteiger partial charge is 0.393 e. The van der Waals surface area contributed by atoms with Crippen molar-refractivity contribution in [2.24, 2.45) is 0 Å². The van der Waals surface area contributed by atoms with Crippen molar-refractivity contribution < 1.29 is 9.90 Å². The second kappa shape index (κ2) is 8.80. The lowest BCUT2D eigenvalue weighted by Gasteiger charge is -2.20. The van der Waals surface area contributed by atoms with Crippen LogP contribution in [0.2, 0.25) is 0 Å². The Morgan fingerprint density at radius 3 is 2.58 bits per heavy atom. The van der Waals surface area contributed by atoms with Gasteiger partial charge in [0.1, 0.15) is 5.01 Å². The zero-order valence-corrected chi connectivity index (χ0v) is 15.1. The summed E-state index contributed by atoms with van der Waals surface area (Å²) in [6.45, 7) is 6.16. The molecule has 130 valence electrons. The summed E-state index contributed by atoms with van der Waals surface area (Å²) in [5, 5.41) is 16.4. The summed E-state index contributed by atoms with van der Waals surface area (Å²) in [5.74, 6) is 0.0781. The number of rotatable bonds is 7. The SMILES string of the molecule is Cc1cnc(C(C)NC(=O)NCC(CC(C)O)c2ccccc2)s1. The first-order valence-electron chi connectivity index (χ1n) is 8.15. The molecule has 1 aromatic carbocycles. The Morgan fingerprint density at radius 1 is 1.29 bits per heavy atom. The van der Waals surface area contributed by atoms with Crippen molar-refractivity contribution in [2.75, 3.05) is 6.54 Å². The number of aliphatic hydroxyl groups excluding tert-OH is 1. The van der Waals surface area contributed by atoms with Crippen molar-refractivity contribution >= 4 is 17.4 Å². The lowest BCUT2D eigenvalue weighted by Crippen LogP contribution is -2.39. The van der Waals surface area contributed by atoms with E-state index in [0.717, 1.165) is 15.4 Å². The molecule has 3 N–H and O–H groups in total. The highest BCUT2D eigenvalue weighted by atomic mass is 32.1. The Labute approximate surface area is 147 Å². The van der Waals surface area contributed by atoms with Gasteiger partial charge in [-0.3, -0.25) is 0 Å². The molecule has 2 amide bonds. The molecule has 0 aliphatic carbocycles. The number of benzene rings is 1. The number of hydrogen-bond donors (Lipinski definition) is 3. The van der Waals surface area contributed by atoms with E-state index in [-0.39, 0.29) is 18.0 Å². The summed E-state index contributed by atoms with van der Waals surface area (Å²) in [6, 6.07) is 9.59. The first kappa shape index (κ1) is 18.4. The van der Waals surface area contributed by atoms with E-state index in [4.69, 9.17) is 0 Å². The smallest absolute Gasteiger partial charge is 0.315 e. The quantitative estimate of drug-likeness (QED) is 0.719. The molecule has 0 saturated heterocycles. The molecule has 0 spiro atoms. The van der Waals surface area contributed by atoms with Gasteiger partial charge in [-0.25, -0.2) is 9.78 Å². The Bertz CT molecular complexity index is 643. The van der Waals surface area contributed by atoms with Crippen molar-refractivity contribution in [1.29, 1.82) is 0 Å². The molecule has 3 atom stereocenters. The maximum atomic E-state index is 12.1. The molecule has 3 unspecified atom stereocenters. The molecule has 1 heterocycles. The molecular weight excluding hydrogens is 322 g/mol. The van der Waals surface area contributed by atoms with Gasteiger partial charge in [0.25, 0.3) is 0 Å². The van der Waals surface area contributed by atoms with Crippen molar-refractivity contribution in [1.82, 2.24) is 15.6 Å². The van der Waals surface area contributed by atoms with Crippen LogP contribution in [0.25, 0.3) is 0 Å². The summed E-state index contributed by atoms with van der Waals surface area (Å²) < 4.78 is 0. The lowest BCUT2D eigenvalue weighted by molar-refractivity contribution is 0.173. The third-order valence-corrected chi connectivity index (χ3v) is 4.86. The van der Waals surface area contributed by atoms with Crippen LogP contribution in [0, 0.1) is 6.92 Å². The maximum absolute atomic E-state index is 12.1. The Morgan fingerprint density at radius 2 is 2.00 bits per heavy atom. The van der Waals surface area contributed by atoms with Gasteiger partial charge in [-0.15, -0.1) is 11.3 Å². The van der Waals surface area contributed by atoms with Crippen molar-refractivity contribution in [3.8, 4) is 0 Å². The summed E-state index contributed by atoms with van der Waals surface area (Å²) in [5.41, 5.74) is 1.11. The first-order valence-corrected chi connectivity index (χ1v) is 8.97. The fourth-order valence-electron chi connectivity index (χ4n) is 2.57. The zero-order chi connectivity index (χ0) is 17.5. The van der Waals surface area contributed by atoms with E-state index < -0.39 is 6.10 Å². The molecule has 24 heavy (non-hydrogen) atoms. The average molecular weight is 347 g/mol. The molecule has 6 heteroatoms. The molecule has 0 radical (unpaired) electrons. The molecule has 0 fully saturated rings. The van der Waals surface area contributed by atoms with Crippen molar-refractivity contribution in [3.63, 3.8) is 0 Å². The minimum Gasteiger partial charge on any atom is -0.393 e. The molecule has 0 saturated carbocycles. The number of aliphatic hydroxyl groups is 1. The predicted molar refractivity (Wildman–Crippen MR) is 97.3 cm³/mol. The van der Waals surface area contributed by atoms with Crippen LogP contribution in [0.4, 0.5) is 4.79 Å². The standard InChI is InChI=1S/C18H25N3O2S/c1-12(22)9-16(15-7-5-4-6-8-15)11-20-18(23)21-14(3)17-19-10-13(2)24-17/h4-8,10,12,14,16,22H,9,11H2,1-3H3,(H2,20,21,23). The van der Waals surface area contributed by atoms with Gasteiger partial charge in [-0.1, -0.05) is 30.3 Å². The van der Waals surface area contributed by atoms with E-state index in [0.29, 0.717) is 13.0 Å². The Kier molecular flexibility index (Phi) is 6.75. The van der Waals surface area contributed by atoms with Gasteiger partial charge in [0.05, 0.1) is 12.1 Å². The van der Waals surface area contributed by atoms with Crippen LogP contribution in [-0.4, -0.2) is 28.8 Å². The van der Waals surface area contributed by atoms with Gasteiger partial charge in [0, 0.05) is 23.5 Å². The van der Waals surface area contributed by atoms with Gasteiger partial charge < -0.3 is 15.7 Å². The third kappa shape index (κ3) is 5.62. The molecular formula is C18H25N3O2S. The second-order valence-electron chi connectivity index (χ2n) is 6.08. The fraction of sp³-hybridized carbons (Fsp3) is 0.444. The van der Waals surface area contributed by atoms with Gasteiger partial charge in [0.15, 0.2) is 0 Å². The minimum atomic E-state index is -0.419. The number of aryl methyl sites for hydroxylation is 1. The van der Waals surface area contributed by atoms with Crippen molar-refractivity contribution in [3.05, 3.63) is 52.0 Å². The number of carbonyl (C=O) groups is 1. The predicted octanol–water partition coefficient (Wildman–Crippen LogP) is 3.37. The number of carbonyl (C=O) groups excluding carboxylic acids is 1. The number of urea groups is 1. The number of thiazole rings is 1. The van der Waals surface area contributed by atoms with Crippen LogP contribution in [0.3, 0.4) is 0 Å². The van der Waals surface area contributed by atoms with Crippen LogP contribution in [-0.2, 0) is 0 Å². The molecule has 0 aliphatic heterocycles. The molecule has 0 aliphatic rings. The van der Waals surface area contributed by atoms with E-state index in [1.807, 2.05) is 50.4 Å². The van der Waals surface area contributed by atoms with Crippen LogP contribution in [0.1, 0.15) is 47.7 Å². The lowest BCUT2D eigenvalue weighted by atomic mass is 9.93. The molecule has 1 aromatic heterocycles. The number of nitrogens with zero attached hydrogens (tertiary/aromatic N) is 1. The van der Waals surface area contributed by atoms with Gasteiger partial charge in [-0.05, 0) is 32.8 Å². The topological polar surface area (TPSA) is 74.2 Å². The van der Waals surface area contributed by atoms with Gasteiger partial charge in [-0.2, -0.15) is 0 Å². The summed E-state index contributed by atoms with van der Waals surface area (Å²) in [6.07, 6.45) is 1.99. The molecule has 5 nitrogen and oxygen atoms in total. The Balaban J connectivity index is 1.90. The highest BCUT2D eigenvalue weighted by molar-refractivity contribution is 7.11. The summed E-state index contributed by atoms with van der Waals surface area (Å²) >= 11 is 1.58. The number of aromatic nitrogens is 1. The molecule has 2 aromatic rings. The first-order chi connectivity index (χ1) is 11.5. The average Bonchev–Trinajstić information content (AvgIpc) is 2.98. The normalized spacial score (nSPS) is 14.7. The minimum absolute atomic E-state index is 0.0781. The van der Waals surface area contributed by atoms with Crippen molar-refractivity contribution in [2.45, 2.75) is 45.3 Å². The van der Waals surface area contributed by atoms with Gasteiger partial charge in [0.2, 0.25) is 0 Å². The zero-order valence-electron chi connectivity index (χ0n) is 14.3. The van der Waals surface area contributed by atoms with Crippen LogP contribution >= 0.6 is 11.3 Å². The number of hydrogen-bond acceptors (Lipinski definition) is 4. The molecule has 0 bridgehead atoms. The van der Waals surface area contributed by atoms with Crippen LogP contribution < -0.4 is 10.6 Å². The third-order valence-electron chi connectivity index (χ3n) is 3.76. The summed E-state index contributed by atoms with van der Waals surface area (Å²) in [4.78, 5) is 17.6. The van der Waals surface area contributed by atoms with E-state index in [9.17, 15) is 9.90 Å². The Hall–Kier alpha value is -1.92.